The van der Waals surface area contributed by atoms with Crippen molar-refractivity contribution >= 4 is 29.1 Å². The number of halogens is 2. The molecule has 0 spiro atoms. The summed E-state index contributed by atoms with van der Waals surface area (Å²) in [5.41, 5.74) is 1.08. The van der Waals surface area contributed by atoms with Gasteiger partial charge in [-0.3, -0.25) is 9.59 Å². The third kappa shape index (κ3) is 6.17. The molecule has 1 amide bonds. The van der Waals surface area contributed by atoms with E-state index >= 15 is 0 Å². The molecule has 0 bridgehead atoms. The van der Waals surface area contributed by atoms with Crippen molar-refractivity contribution in [1.82, 2.24) is 15.2 Å². The van der Waals surface area contributed by atoms with Gasteiger partial charge < -0.3 is 25.0 Å². The maximum absolute atomic E-state index is 12.8. The lowest BCUT2D eigenvalue weighted by Gasteiger charge is -2.33. The lowest BCUT2D eigenvalue weighted by atomic mass is 10.1. The normalized spacial score (nSPS) is 17.6. The number of amides is 1. The smallest absolute Gasteiger partial charge is 0.266 e. The Bertz CT molecular complexity index is 1200. The van der Waals surface area contributed by atoms with Crippen LogP contribution >= 0.6 is 23.2 Å². The quantitative estimate of drug-likeness (QED) is 0.492. The summed E-state index contributed by atoms with van der Waals surface area (Å²) in [6, 6.07) is 6.72. The second-order valence-corrected chi connectivity index (χ2v) is 9.98. The highest BCUT2D eigenvalue weighted by atomic mass is 35.5. The Hall–Kier alpha value is -2.57. The Morgan fingerprint density at radius 2 is 2.03 bits per heavy atom. The van der Waals surface area contributed by atoms with Gasteiger partial charge in [-0.05, 0) is 62.3 Å². The minimum absolute atomic E-state index is 0.0246. The third-order valence-electron chi connectivity index (χ3n) is 6.50. The molecule has 1 atom stereocenters. The van der Waals surface area contributed by atoms with Crippen molar-refractivity contribution in [2.24, 2.45) is 0 Å². The summed E-state index contributed by atoms with van der Waals surface area (Å²) in [6.07, 6.45) is 2.64. The molecular formula is C25H28Cl2N4O4. The summed E-state index contributed by atoms with van der Waals surface area (Å²) in [5.74, 6) is 0.361. The van der Waals surface area contributed by atoms with Crippen molar-refractivity contribution in [1.29, 1.82) is 5.26 Å². The van der Waals surface area contributed by atoms with Crippen molar-refractivity contribution in [2.45, 2.75) is 50.7 Å². The van der Waals surface area contributed by atoms with Crippen LogP contribution in [0.2, 0.25) is 10.0 Å². The number of aromatic nitrogens is 1. The predicted molar refractivity (Wildman–Crippen MR) is 133 cm³/mol. The molecule has 3 N–H and O–H groups in total. The van der Waals surface area contributed by atoms with Gasteiger partial charge in [-0.1, -0.05) is 23.2 Å². The molecule has 8 nitrogen and oxygen atoms in total. The number of aliphatic hydroxyl groups is 1. The third-order valence-corrected chi connectivity index (χ3v) is 7.38. The molecule has 1 aromatic carbocycles. The lowest BCUT2D eigenvalue weighted by Crippen LogP contribution is -2.45. The van der Waals surface area contributed by atoms with E-state index in [1.165, 1.54) is 6.07 Å². The van der Waals surface area contributed by atoms with Gasteiger partial charge in [-0.2, -0.15) is 5.26 Å². The molecular weight excluding hydrogens is 491 g/mol. The van der Waals surface area contributed by atoms with E-state index in [1.807, 2.05) is 13.0 Å². The van der Waals surface area contributed by atoms with E-state index < -0.39 is 17.6 Å². The molecule has 1 aromatic heterocycles. The van der Waals surface area contributed by atoms with Crippen LogP contribution in [0.3, 0.4) is 0 Å². The van der Waals surface area contributed by atoms with Crippen LogP contribution in [0.4, 0.5) is 0 Å². The van der Waals surface area contributed by atoms with Gasteiger partial charge in [0.1, 0.15) is 23.5 Å². The number of H-pyrrole nitrogens is 1. The Balaban J connectivity index is 1.26. The molecule has 2 heterocycles. The van der Waals surface area contributed by atoms with Crippen LogP contribution in [0.5, 0.6) is 5.75 Å². The number of carbonyl (C=O) groups excluding carboxylic acids is 1. The second kappa shape index (κ2) is 11.0. The summed E-state index contributed by atoms with van der Waals surface area (Å²) in [4.78, 5) is 29.5. The number of hydrogen-bond acceptors (Lipinski definition) is 6. The molecule has 35 heavy (non-hydrogen) atoms. The highest BCUT2D eigenvalue weighted by Crippen LogP contribution is 2.40. The van der Waals surface area contributed by atoms with Crippen molar-refractivity contribution in [3.63, 3.8) is 0 Å². The van der Waals surface area contributed by atoms with E-state index in [9.17, 15) is 14.7 Å². The highest BCUT2D eigenvalue weighted by molar-refractivity contribution is 6.36. The molecule has 186 valence electrons. The number of pyridine rings is 1. The lowest BCUT2D eigenvalue weighted by molar-refractivity contribution is 0.0594. The molecule has 1 aliphatic heterocycles. The van der Waals surface area contributed by atoms with Gasteiger partial charge in [0.25, 0.3) is 11.5 Å². The number of β-amino-alcohol motifs (C(OH)–C–C–N with tert-alkyl or cyclic N) is 1. The fourth-order valence-corrected chi connectivity index (χ4v) is 4.71. The van der Waals surface area contributed by atoms with Gasteiger partial charge in [0, 0.05) is 36.9 Å². The molecule has 4 rings (SSSR count). The van der Waals surface area contributed by atoms with Crippen LogP contribution in [0.1, 0.15) is 58.8 Å². The van der Waals surface area contributed by atoms with E-state index in [-0.39, 0.29) is 24.1 Å². The number of ether oxygens (including phenoxy) is 1. The zero-order valence-corrected chi connectivity index (χ0v) is 21.0. The van der Waals surface area contributed by atoms with Gasteiger partial charge in [0.15, 0.2) is 0 Å². The van der Waals surface area contributed by atoms with Crippen molar-refractivity contribution in [3.8, 4) is 11.8 Å². The van der Waals surface area contributed by atoms with E-state index in [0.717, 1.165) is 44.3 Å². The van der Waals surface area contributed by atoms with Crippen LogP contribution in [-0.4, -0.2) is 59.3 Å². The van der Waals surface area contributed by atoms with Crippen LogP contribution in [0.25, 0.3) is 0 Å². The first-order chi connectivity index (χ1) is 16.8. The number of likely N-dealkylation sites (tertiary alicyclic amines) is 1. The Kier molecular flexibility index (Phi) is 8.02. The number of aliphatic hydroxyl groups excluding tert-OH is 1. The predicted octanol–water partition coefficient (Wildman–Crippen LogP) is 3.37. The van der Waals surface area contributed by atoms with Crippen LogP contribution in [0.15, 0.2) is 23.0 Å². The average Bonchev–Trinajstić information content (AvgIpc) is 3.69. The minimum atomic E-state index is -0.757. The first-order valence-electron chi connectivity index (χ1n) is 11.7. The van der Waals surface area contributed by atoms with Crippen molar-refractivity contribution in [2.75, 3.05) is 26.2 Å². The molecule has 10 heteroatoms. The summed E-state index contributed by atoms with van der Waals surface area (Å²) in [7, 11) is 0. The number of nitrogens with zero attached hydrogens (tertiary/aromatic N) is 2. The van der Waals surface area contributed by atoms with E-state index in [2.05, 4.69) is 15.2 Å². The monoisotopic (exact) mass is 518 g/mol. The molecule has 0 radical (unpaired) electrons. The van der Waals surface area contributed by atoms with Crippen LogP contribution < -0.4 is 15.6 Å². The van der Waals surface area contributed by atoms with Crippen LogP contribution in [-0.2, 0) is 0 Å². The molecule has 1 saturated heterocycles. The molecule has 2 aliphatic rings. The number of hydrogen-bond donors (Lipinski definition) is 3. The summed E-state index contributed by atoms with van der Waals surface area (Å²) < 4.78 is 6.08. The van der Waals surface area contributed by atoms with Gasteiger partial charge in [0.05, 0.1) is 16.7 Å². The standard InChI is InChI=1S/C25H28Cl2N4O4/c1-14-20(26)4-5-21(22(14)27)35-18-6-8-31(9-7-18)13-17(32)12-29-25(34)19-10-16(11-28)24(33)30-23(19)15-2-3-15/h4-5,10,15,17-18,32H,2-3,6-9,12-13H2,1H3,(H,29,34)(H,30,33)/t17-/m1/s1. The van der Waals surface area contributed by atoms with Crippen molar-refractivity contribution < 1.29 is 14.6 Å². The summed E-state index contributed by atoms with van der Waals surface area (Å²) in [5, 5.41) is 23.5. The molecule has 0 unspecified atom stereocenters. The first kappa shape index (κ1) is 25.5. The summed E-state index contributed by atoms with van der Waals surface area (Å²) >= 11 is 12.5. The fourth-order valence-electron chi connectivity index (χ4n) is 4.29. The maximum atomic E-state index is 12.8. The first-order valence-corrected chi connectivity index (χ1v) is 12.5. The van der Waals surface area contributed by atoms with Crippen LogP contribution in [0, 0.1) is 18.3 Å². The highest BCUT2D eigenvalue weighted by Gasteiger charge is 2.30. The number of nitrogens with one attached hydrogen (secondary N) is 2. The Labute approximate surface area is 213 Å². The second-order valence-electron chi connectivity index (χ2n) is 9.19. The number of rotatable bonds is 8. The van der Waals surface area contributed by atoms with Gasteiger partial charge in [0.2, 0.25) is 0 Å². The molecule has 1 saturated carbocycles. The van der Waals surface area contributed by atoms with E-state index in [0.29, 0.717) is 33.6 Å². The number of benzene rings is 1. The zero-order valence-electron chi connectivity index (χ0n) is 19.4. The van der Waals surface area contributed by atoms with Gasteiger partial charge in [-0.25, -0.2) is 0 Å². The minimum Gasteiger partial charge on any atom is -0.489 e. The van der Waals surface area contributed by atoms with Gasteiger partial charge >= 0.3 is 0 Å². The Morgan fingerprint density at radius 3 is 2.69 bits per heavy atom. The molecule has 2 aromatic rings. The molecule has 1 aliphatic carbocycles. The topological polar surface area (TPSA) is 118 Å². The number of piperidine rings is 1. The average molecular weight is 519 g/mol. The number of aromatic amines is 1. The zero-order chi connectivity index (χ0) is 25.1. The van der Waals surface area contributed by atoms with Gasteiger partial charge in [-0.15, -0.1) is 0 Å². The van der Waals surface area contributed by atoms with E-state index in [1.54, 1.807) is 12.1 Å². The SMILES string of the molecule is Cc1c(Cl)ccc(OC2CCN(C[C@H](O)CNC(=O)c3cc(C#N)c(=O)[nH]c3C3CC3)CC2)c1Cl. The largest absolute Gasteiger partial charge is 0.489 e. The molecule has 2 fully saturated rings. The Morgan fingerprint density at radius 1 is 1.31 bits per heavy atom. The number of nitriles is 1. The van der Waals surface area contributed by atoms with Crippen molar-refractivity contribution in [3.05, 3.63) is 61.0 Å². The summed E-state index contributed by atoms with van der Waals surface area (Å²) in [6.45, 7) is 3.83. The maximum Gasteiger partial charge on any atom is 0.266 e. The number of carbonyl (C=O) groups is 1. The van der Waals surface area contributed by atoms with E-state index in [4.69, 9.17) is 33.2 Å². The fraction of sp³-hybridized carbons (Fsp3) is 0.480.